The van der Waals surface area contributed by atoms with Gasteiger partial charge in [0.15, 0.2) is 0 Å². The van der Waals surface area contributed by atoms with Crippen LogP contribution < -0.4 is 4.74 Å². The van der Waals surface area contributed by atoms with Crippen molar-refractivity contribution in [3.63, 3.8) is 0 Å². The minimum Gasteiger partial charge on any atom is -0.416 e. The Labute approximate surface area is 142 Å². The van der Waals surface area contributed by atoms with E-state index in [0.29, 0.717) is 6.07 Å². The second-order valence-corrected chi connectivity index (χ2v) is 4.89. The smallest absolute Gasteiger partial charge is 0.344 e. The second-order valence-electron chi connectivity index (χ2n) is 4.48. The molecule has 12 heteroatoms. The van der Waals surface area contributed by atoms with Crippen molar-refractivity contribution in [3.05, 3.63) is 77.3 Å². The van der Waals surface area contributed by atoms with Gasteiger partial charge in [0.2, 0.25) is 5.75 Å². The molecule has 0 unspecified atom stereocenters. The van der Waals surface area contributed by atoms with Crippen LogP contribution in [0.3, 0.4) is 0 Å². The van der Waals surface area contributed by atoms with Crippen LogP contribution in [0.25, 0.3) is 0 Å². The predicted molar refractivity (Wildman–Crippen MR) is 82.8 cm³/mol. The molecule has 0 saturated heterocycles. The van der Waals surface area contributed by atoms with Crippen LogP contribution in [0.5, 0.6) is 5.75 Å². The maximum atomic E-state index is 12.0. The Kier molecular flexibility index (Phi) is 4.89. The summed E-state index contributed by atoms with van der Waals surface area (Å²) >= 11 is 5.62. The predicted octanol–water partition coefficient (Wildman–Crippen LogP) is 3.28. The first-order valence-corrected chi connectivity index (χ1v) is 6.67. The number of carbonyl (C=O) groups is 1. The van der Waals surface area contributed by atoms with Crippen LogP contribution >= 0.6 is 11.6 Å². The molecule has 0 bridgehead atoms. The normalized spacial score (nSPS) is 10.1. The van der Waals surface area contributed by atoms with Gasteiger partial charge in [0, 0.05) is 12.1 Å². The third-order valence-corrected chi connectivity index (χ3v) is 3.25. The van der Waals surface area contributed by atoms with Gasteiger partial charge in [-0.1, -0.05) is 11.6 Å². The highest BCUT2D eigenvalue weighted by Gasteiger charge is 2.24. The number of carbonyl (C=O) groups excluding carboxylic acids is 1. The number of nitrogens with zero attached hydrogens (tertiary/aromatic N) is 3. The molecular formula is C13H6ClN3O8. The number of benzene rings is 2. The molecule has 2 aromatic carbocycles. The lowest BCUT2D eigenvalue weighted by Crippen LogP contribution is -2.10. The molecule has 0 radical (unpaired) electrons. The fourth-order valence-corrected chi connectivity index (χ4v) is 1.97. The van der Waals surface area contributed by atoms with Gasteiger partial charge in [-0.3, -0.25) is 30.3 Å². The Morgan fingerprint density at radius 2 is 1.52 bits per heavy atom. The maximum absolute atomic E-state index is 12.0. The third kappa shape index (κ3) is 3.84. The van der Waals surface area contributed by atoms with Gasteiger partial charge >= 0.3 is 11.7 Å². The lowest BCUT2D eigenvalue weighted by atomic mass is 10.2. The summed E-state index contributed by atoms with van der Waals surface area (Å²) in [7, 11) is 0. The lowest BCUT2D eigenvalue weighted by molar-refractivity contribution is -0.394. The summed E-state index contributed by atoms with van der Waals surface area (Å²) in [6, 6.07) is 5.52. The zero-order chi connectivity index (χ0) is 18.7. The van der Waals surface area contributed by atoms with Crippen molar-refractivity contribution in [1.82, 2.24) is 0 Å². The fraction of sp³-hybridized carbons (Fsp3) is 0. The molecule has 11 nitrogen and oxygen atoms in total. The van der Waals surface area contributed by atoms with Gasteiger partial charge in [-0.2, -0.15) is 0 Å². The molecule has 0 spiro atoms. The van der Waals surface area contributed by atoms with E-state index in [2.05, 4.69) is 0 Å². The van der Waals surface area contributed by atoms with E-state index < -0.39 is 43.6 Å². The first kappa shape index (κ1) is 17.7. The summed E-state index contributed by atoms with van der Waals surface area (Å²) in [5.74, 6) is -1.67. The maximum Gasteiger partial charge on any atom is 0.344 e. The standard InChI is InChI=1S/C13H6ClN3O8/c14-9-3-1-7(5-10(9)16(21)22)13(18)25-12-4-2-8(15(19)20)6-11(12)17(23)24/h1-6H. The van der Waals surface area contributed by atoms with Crippen LogP contribution in [-0.4, -0.2) is 20.7 Å². The highest BCUT2D eigenvalue weighted by Crippen LogP contribution is 2.32. The van der Waals surface area contributed by atoms with Gasteiger partial charge in [0.05, 0.1) is 26.4 Å². The summed E-state index contributed by atoms with van der Waals surface area (Å²) in [6.45, 7) is 0. The van der Waals surface area contributed by atoms with E-state index in [1.807, 2.05) is 0 Å². The minimum atomic E-state index is -1.13. The molecule has 25 heavy (non-hydrogen) atoms. The molecule has 0 N–H and O–H groups in total. The Morgan fingerprint density at radius 1 is 0.880 bits per heavy atom. The van der Waals surface area contributed by atoms with E-state index in [1.165, 1.54) is 0 Å². The van der Waals surface area contributed by atoms with Gasteiger partial charge in [-0.25, -0.2) is 4.79 Å². The Morgan fingerprint density at radius 3 is 2.08 bits per heavy atom. The average molecular weight is 368 g/mol. The molecule has 0 fully saturated rings. The number of ether oxygens (including phenoxy) is 1. The summed E-state index contributed by atoms with van der Waals surface area (Å²) in [6.07, 6.45) is 0. The molecule has 0 amide bonds. The van der Waals surface area contributed by atoms with Gasteiger partial charge in [-0.05, 0) is 18.2 Å². The monoisotopic (exact) mass is 367 g/mol. The van der Waals surface area contributed by atoms with Crippen molar-refractivity contribution in [3.8, 4) is 5.75 Å². The quantitative estimate of drug-likeness (QED) is 0.337. The minimum absolute atomic E-state index is 0.206. The Balaban J connectivity index is 2.38. The molecule has 0 saturated carbocycles. The number of halogens is 1. The SMILES string of the molecule is O=C(Oc1ccc([N+](=O)[O-])cc1[N+](=O)[O-])c1ccc(Cl)c([N+](=O)[O-])c1. The van der Waals surface area contributed by atoms with Crippen LogP contribution in [0.4, 0.5) is 17.1 Å². The largest absolute Gasteiger partial charge is 0.416 e. The van der Waals surface area contributed by atoms with Crippen molar-refractivity contribution >= 4 is 34.6 Å². The van der Waals surface area contributed by atoms with Crippen molar-refractivity contribution < 1.29 is 24.3 Å². The van der Waals surface area contributed by atoms with E-state index in [9.17, 15) is 35.1 Å². The molecule has 0 aliphatic heterocycles. The van der Waals surface area contributed by atoms with E-state index >= 15 is 0 Å². The number of non-ortho nitro benzene ring substituents is 1. The fourth-order valence-electron chi connectivity index (χ4n) is 1.79. The molecule has 0 aliphatic rings. The molecule has 128 valence electrons. The average Bonchev–Trinajstić information content (AvgIpc) is 2.54. The highest BCUT2D eigenvalue weighted by atomic mass is 35.5. The van der Waals surface area contributed by atoms with Crippen molar-refractivity contribution in [1.29, 1.82) is 0 Å². The van der Waals surface area contributed by atoms with Crippen LogP contribution in [-0.2, 0) is 0 Å². The number of esters is 1. The van der Waals surface area contributed by atoms with Crippen LogP contribution in [0.1, 0.15) is 10.4 Å². The van der Waals surface area contributed by atoms with E-state index in [4.69, 9.17) is 16.3 Å². The van der Waals surface area contributed by atoms with E-state index in [1.54, 1.807) is 0 Å². The van der Waals surface area contributed by atoms with Gasteiger partial charge < -0.3 is 4.74 Å². The zero-order valence-electron chi connectivity index (χ0n) is 11.9. The second kappa shape index (κ2) is 6.88. The van der Waals surface area contributed by atoms with Gasteiger partial charge in [0.1, 0.15) is 5.02 Å². The van der Waals surface area contributed by atoms with Crippen LogP contribution in [0, 0.1) is 30.3 Å². The summed E-state index contributed by atoms with van der Waals surface area (Å²) in [4.78, 5) is 41.9. The number of hydrogen-bond donors (Lipinski definition) is 0. The first-order valence-electron chi connectivity index (χ1n) is 6.29. The van der Waals surface area contributed by atoms with Gasteiger partial charge in [-0.15, -0.1) is 0 Å². The molecule has 0 heterocycles. The van der Waals surface area contributed by atoms with Crippen LogP contribution in [0.2, 0.25) is 5.02 Å². The Hall–Kier alpha value is -3.60. The topological polar surface area (TPSA) is 156 Å². The molecule has 0 aliphatic carbocycles. The van der Waals surface area contributed by atoms with Crippen molar-refractivity contribution in [2.75, 3.05) is 0 Å². The summed E-state index contributed by atoms with van der Waals surface area (Å²) in [5.41, 5.74) is -2.18. The Bertz CT molecular complexity index is 914. The van der Waals surface area contributed by atoms with Crippen molar-refractivity contribution in [2.45, 2.75) is 0 Å². The zero-order valence-corrected chi connectivity index (χ0v) is 12.7. The molecule has 0 atom stereocenters. The number of nitro groups is 3. The van der Waals surface area contributed by atoms with Gasteiger partial charge in [0.25, 0.3) is 11.4 Å². The highest BCUT2D eigenvalue weighted by molar-refractivity contribution is 6.32. The van der Waals surface area contributed by atoms with Crippen molar-refractivity contribution in [2.24, 2.45) is 0 Å². The van der Waals surface area contributed by atoms with E-state index in [-0.39, 0.29) is 10.6 Å². The molecule has 2 rings (SSSR count). The molecule has 0 aromatic heterocycles. The molecule has 2 aromatic rings. The third-order valence-electron chi connectivity index (χ3n) is 2.93. The number of nitro benzene ring substituents is 3. The number of rotatable bonds is 5. The van der Waals surface area contributed by atoms with Crippen LogP contribution in [0.15, 0.2) is 36.4 Å². The number of hydrogen-bond acceptors (Lipinski definition) is 8. The van der Waals surface area contributed by atoms with E-state index in [0.717, 1.165) is 30.3 Å². The lowest BCUT2D eigenvalue weighted by Gasteiger charge is -2.05. The summed E-state index contributed by atoms with van der Waals surface area (Å²) < 4.78 is 4.83. The first-order chi connectivity index (χ1) is 11.7. The molecular weight excluding hydrogens is 362 g/mol. The summed E-state index contributed by atoms with van der Waals surface area (Å²) in [5, 5.41) is 32.3.